The largest absolute Gasteiger partial charge is 0.395 e. The van der Waals surface area contributed by atoms with E-state index in [2.05, 4.69) is 32.0 Å². The minimum Gasteiger partial charge on any atom is -0.395 e. The van der Waals surface area contributed by atoms with Crippen molar-refractivity contribution in [2.75, 3.05) is 6.61 Å². The van der Waals surface area contributed by atoms with Crippen molar-refractivity contribution >= 4 is 0 Å². The van der Waals surface area contributed by atoms with E-state index in [1.165, 1.54) is 30.4 Å². The minimum absolute atomic E-state index is 0.153. The van der Waals surface area contributed by atoms with Gasteiger partial charge in [-0.1, -0.05) is 57.4 Å². The molecule has 3 N–H and O–H groups in total. The molecule has 0 amide bonds. The summed E-state index contributed by atoms with van der Waals surface area (Å²) in [5.41, 5.74) is 8.68. The van der Waals surface area contributed by atoms with Gasteiger partial charge in [0.05, 0.1) is 6.61 Å². The average molecular weight is 247 g/mol. The zero-order valence-electron chi connectivity index (χ0n) is 11.6. The first kappa shape index (κ1) is 13.6. The second kappa shape index (κ2) is 5.02. The van der Waals surface area contributed by atoms with Crippen molar-refractivity contribution in [3.05, 3.63) is 35.4 Å². The molecule has 1 aromatic carbocycles. The molecule has 0 heterocycles. The summed E-state index contributed by atoms with van der Waals surface area (Å²) in [5, 5.41) is 9.61. The summed E-state index contributed by atoms with van der Waals surface area (Å²) in [5.74, 6) is 0. The molecule has 2 nitrogen and oxygen atoms in total. The van der Waals surface area contributed by atoms with Gasteiger partial charge in [0, 0.05) is 11.0 Å². The van der Waals surface area contributed by atoms with Crippen LogP contribution in [0.1, 0.15) is 57.1 Å². The summed E-state index contributed by atoms with van der Waals surface area (Å²) in [6, 6.07) is 8.38. The van der Waals surface area contributed by atoms with Gasteiger partial charge < -0.3 is 10.8 Å². The Balaban J connectivity index is 2.44. The van der Waals surface area contributed by atoms with Crippen LogP contribution < -0.4 is 5.73 Å². The Bertz CT molecular complexity index is 405. The van der Waals surface area contributed by atoms with Crippen LogP contribution >= 0.6 is 0 Å². The average Bonchev–Trinajstić information content (AvgIpc) is 2.40. The Kier molecular flexibility index (Phi) is 3.79. The predicted octanol–water partition coefficient (Wildman–Crippen LogP) is 3.07. The normalized spacial score (nSPS) is 19.8. The molecule has 0 bridgehead atoms. The number of aliphatic hydroxyl groups is 1. The van der Waals surface area contributed by atoms with E-state index in [0.717, 1.165) is 12.8 Å². The first-order valence-electron chi connectivity index (χ1n) is 6.99. The summed E-state index contributed by atoms with van der Waals surface area (Å²) in [4.78, 5) is 0. The Labute approximate surface area is 110 Å². The first-order valence-corrected chi connectivity index (χ1v) is 6.99. The third-order valence-electron chi connectivity index (χ3n) is 4.33. The van der Waals surface area contributed by atoms with E-state index in [-0.39, 0.29) is 17.6 Å². The van der Waals surface area contributed by atoms with Gasteiger partial charge in [-0.05, 0) is 24.0 Å². The lowest BCUT2D eigenvalue weighted by Gasteiger charge is -2.38. The van der Waals surface area contributed by atoms with E-state index in [1.54, 1.807) is 0 Å². The molecule has 0 radical (unpaired) electrons. The molecule has 2 heteroatoms. The molecule has 1 fully saturated rings. The standard InChI is InChI=1S/C16H25NO/c1-15(2,12-18)13-8-4-5-9-14(13)16(17)10-6-3-7-11-16/h4-5,8-9,18H,3,6-7,10-12,17H2,1-2H3. The lowest BCUT2D eigenvalue weighted by atomic mass is 9.71. The number of rotatable bonds is 3. The summed E-state index contributed by atoms with van der Waals surface area (Å²) >= 11 is 0. The van der Waals surface area contributed by atoms with E-state index >= 15 is 0 Å². The number of benzene rings is 1. The van der Waals surface area contributed by atoms with Crippen LogP contribution in [-0.4, -0.2) is 11.7 Å². The van der Waals surface area contributed by atoms with Gasteiger partial charge in [0.15, 0.2) is 0 Å². The molecule has 1 aromatic rings. The van der Waals surface area contributed by atoms with Gasteiger partial charge in [0.25, 0.3) is 0 Å². The quantitative estimate of drug-likeness (QED) is 0.862. The summed E-state index contributed by atoms with van der Waals surface area (Å²) in [7, 11) is 0. The lowest BCUT2D eigenvalue weighted by molar-refractivity contribution is 0.213. The smallest absolute Gasteiger partial charge is 0.0522 e. The highest BCUT2D eigenvalue weighted by Gasteiger charge is 2.34. The third kappa shape index (κ3) is 2.45. The maximum atomic E-state index is 9.61. The van der Waals surface area contributed by atoms with Crippen LogP contribution in [0.25, 0.3) is 0 Å². The van der Waals surface area contributed by atoms with Gasteiger partial charge in [0.1, 0.15) is 0 Å². The molecule has 0 aromatic heterocycles. The number of nitrogens with two attached hydrogens (primary N) is 1. The van der Waals surface area contributed by atoms with E-state index < -0.39 is 0 Å². The first-order chi connectivity index (χ1) is 8.49. The fourth-order valence-corrected chi connectivity index (χ4v) is 3.04. The predicted molar refractivity (Wildman–Crippen MR) is 75.5 cm³/mol. The molecule has 0 saturated heterocycles. The molecular weight excluding hydrogens is 222 g/mol. The van der Waals surface area contributed by atoms with Crippen LogP contribution in [0, 0.1) is 0 Å². The van der Waals surface area contributed by atoms with Crippen LogP contribution in [-0.2, 0) is 11.0 Å². The molecule has 100 valence electrons. The van der Waals surface area contributed by atoms with Gasteiger partial charge in [-0.3, -0.25) is 0 Å². The summed E-state index contributed by atoms with van der Waals surface area (Å²) < 4.78 is 0. The Hall–Kier alpha value is -0.860. The molecule has 1 aliphatic carbocycles. The van der Waals surface area contributed by atoms with Gasteiger partial charge >= 0.3 is 0 Å². The molecule has 0 unspecified atom stereocenters. The number of hydrogen-bond acceptors (Lipinski definition) is 2. The van der Waals surface area contributed by atoms with Gasteiger partial charge in [-0.15, -0.1) is 0 Å². The van der Waals surface area contributed by atoms with E-state index in [0.29, 0.717) is 0 Å². The Morgan fingerprint density at radius 2 is 1.78 bits per heavy atom. The fraction of sp³-hybridized carbons (Fsp3) is 0.625. The van der Waals surface area contributed by atoms with Crippen molar-refractivity contribution in [2.24, 2.45) is 5.73 Å². The molecule has 0 atom stereocenters. The molecule has 1 aliphatic rings. The van der Waals surface area contributed by atoms with Gasteiger partial charge in [0.2, 0.25) is 0 Å². The van der Waals surface area contributed by atoms with E-state index in [1.807, 2.05) is 6.07 Å². The van der Waals surface area contributed by atoms with E-state index in [9.17, 15) is 5.11 Å². The SMILES string of the molecule is CC(C)(CO)c1ccccc1C1(N)CCCCC1. The summed E-state index contributed by atoms with van der Waals surface area (Å²) in [6.45, 7) is 4.32. The van der Waals surface area contributed by atoms with Gasteiger partial charge in [-0.2, -0.15) is 0 Å². The topological polar surface area (TPSA) is 46.2 Å². The molecule has 18 heavy (non-hydrogen) atoms. The van der Waals surface area contributed by atoms with Crippen molar-refractivity contribution in [2.45, 2.75) is 56.9 Å². The maximum absolute atomic E-state index is 9.61. The van der Waals surface area contributed by atoms with Crippen LogP contribution in [0.15, 0.2) is 24.3 Å². The molecule has 0 aliphatic heterocycles. The van der Waals surface area contributed by atoms with Crippen LogP contribution in [0.3, 0.4) is 0 Å². The van der Waals surface area contributed by atoms with E-state index in [4.69, 9.17) is 5.73 Å². The van der Waals surface area contributed by atoms with Crippen molar-refractivity contribution < 1.29 is 5.11 Å². The highest BCUT2D eigenvalue weighted by atomic mass is 16.3. The minimum atomic E-state index is -0.222. The molecular formula is C16H25NO. The van der Waals surface area contributed by atoms with Crippen LogP contribution in [0.2, 0.25) is 0 Å². The second-order valence-corrected chi connectivity index (χ2v) is 6.30. The van der Waals surface area contributed by atoms with Gasteiger partial charge in [-0.25, -0.2) is 0 Å². The number of hydrogen-bond donors (Lipinski definition) is 2. The number of aliphatic hydroxyl groups excluding tert-OH is 1. The van der Waals surface area contributed by atoms with Crippen molar-refractivity contribution in [3.8, 4) is 0 Å². The maximum Gasteiger partial charge on any atom is 0.0522 e. The highest BCUT2D eigenvalue weighted by molar-refractivity contribution is 5.38. The van der Waals surface area contributed by atoms with Crippen molar-refractivity contribution in [3.63, 3.8) is 0 Å². The van der Waals surface area contributed by atoms with Crippen molar-refractivity contribution in [1.82, 2.24) is 0 Å². The third-order valence-corrected chi connectivity index (χ3v) is 4.33. The molecule has 0 spiro atoms. The Morgan fingerprint density at radius 3 is 2.39 bits per heavy atom. The lowest BCUT2D eigenvalue weighted by Crippen LogP contribution is -2.41. The van der Waals surface area contributed by atoms with Crippen LogP contribution in [0.5, 0.6) is 0 Å². The molecule has 1 saturated carbocycles. The van der Waals surface area contributed by atoms with Crippen LogP contribution in [0.4, 0.5) is 0 Å². The van der Waals surface area contributed by atoms with Crippen molar-refractivity contribution in [1.29, 1.82) is 0 Å². The monoisotopic (exact) mass is 247 g/mol. The zero-order chi connectivity index (χ0) is 13.2. The second-order valence-electron chi connectivity index (χ2n) is 6.30. The summed E-state index contributed by atoms with van der Waals surface area (Å²) in [6.07, 6.45) is 5.84. The molecule has 2 rings (SSSR count). The fourth-order valence-electron chi connectivity index (χ4n) is 3.04. The zero-order valence-corrected chi connectivity index (χ0v) is 11.6. The Morgan fingerprint density at radius 1 is 1.17 bits per heavy atom. The highest BCUT2D eigenvalue weighted by Crippen LogP contribution is 2.39.